The zero-order valence-electron chi connectivity index (χ0n) is 26.3. The fraction of sp³-hybridized carbons (Fsp3) is 0.128. The molecular weight excluding hydrogens is 655 g/mol. The first-order chi connectivity index (χ1) is 24.4. The molecule has 1 aliphatic carbocycles. The molecule has 1 saturated heterocycles. The molecule has 5 aromatic rings. The van der Waals surface area contributed by atoms with Gasteiger partial charge in [0, 0.05) is 17.5 Å². The second-order valence-corrected chi connectivity index (χ2v) is 13.1. The van der Waals surface area contributed by atoms with Gasteiger partial charge < -0.3 is 14.2 Å². The summed E-state index contributed by atoms with van der Waals surface area (Å²) >= 11 is 1.06. The Morgan fingerprint density at radius 1 is 0.880 bits per heavy atom. The number of hydrogen-bond acceptors (Lipinski definition) is 10. The highest BCUT2D eigenvalue weighted by Gasteiger charge is 2.41. The molecule has 0 saturated carbocycles. The number of nitriles is 1. The van der Waals surface area contributed by atoms with Crippen molar-refractivity contribution in [3.63, 3.8) is 0 Å². The van der Waals surface area contributed by atoms with Gasteiger partial charge in [0.05, 0.1) is 27.8 Å². The van der Waals surface area contributed by atoms with Crippen molar-refractivity contribution in [3.8, 4) is 40.0 Å². The first-order valence-corrected chi connectivity index (χ1v) is 16.6. The van der Waals surface area contributed by atoms with Crippen LogP contribution in [0, 0.1) is 11.3 Å². The Morgan fingerprint density at radius 2 is 1.66 bits per heavy atom. The summed E-state index contributed by atoms with van der Waals surface area (Å²) in [5.41, 5.74) is 7.05. The molecule has 1 fully saturated rings. The van der Waals surface area contributed by atoms with E-state index in [0.717, 1.165) is 45.3 Å². The molecule has 3 heterocycles. The normalized spacial score (nSPS) is 15.4. The number of pyridine rings is 1. The van der Waals surface area contributed by atoms with E-state index in [-0.39, 0.29) is 35.8 Å². The number of hydrogen-bond donors (Lipinski definition) is 0. The van der Waals surface area contributed by atoms with Crippen LogP contribution in [0.15, 0.2) is 102 Å². The van der Waals surface area contributed by atoms with Crippen molar-refractivity contribution in [2.24, 2.45) is 0 Å². The van der Waals surface area contributed by atoms with Crippen molar-refractivity contribution in [2.45, 2.75) is 23.1 Å². The number of carbonyl (C=O) groups is 4. The molecule has 2 aliphatic heterocycles. The number of ketones is 1. The predicted octanol–water partition coefficient (Wildman–Crippen LogP) is 6.38. The van der Waals surface area contributed by atoms with E-state index in [1.807, 2.05) is 30.3 Å². The lowest BCUT2D eigenvalue weighted by Gasteiger charge is -2.15. The molecule has 0 spiro atoms. The minimum Gasteiger partial charge on any atom is -0.454 e. The van der Waals surface area contributed by atoms with Gasteiger partial charge in [-0.25, -0.2) is 14.7 Å². The lowest BCUT2D eigenvalue weighted by atomic mass is 10.0. The molecule has 1 unspecified atom stereocenters. The Labute approximate surface area is 290 Å². The number of anilines is 1. The molecule has 0 radical (unpaired) electrons. The summed E-state index contributed by atoms with van der Waals surface area (Å²) in [4.78, 5) is 58.0. The number of carbonyl (C=O) groups excluding carboxylic acids is 4. The van der Waals surface area contributed by atoms with Crippen molar-refractivity contribution in [1.29, 1.82) is 5.26 Å². The van der Waals surface area contributed by atoms with E-state index in [0.29, 0.717) is 27.8 Å². The Hall–Kier alpha value is -6.25. The average molecular weight is 680 g/mol. The third kappa shape index (κ3) is 5.65. The molecule has 0 bridgehead atoms. The molecule has 244 valence electrons. The zero-order chi connectivity index (χ0) is 34.4. The van der Waals surface area contributed by atoms with Crippen LogP contribution in [0.25, 0.3) is 22.4 Å². The highest BCUT2D eigenvalue weighted by Crippen LogP contribution is 2.39. The van der Waals surface area contributed by atoms with E-state index in [4.69, 9.17) is 14.2 Å². The Bertz CT molecular complexity index is 2300. The SMILES string of the molecule is N#Cc1ccc(-c2ccc3c(c2)OCO3)nc1SC1CC(=O)N(c2ccc(C(=O)OCC(=O)c3ccc4c(c3)Cc3ccccc3-4)cc2)C1=O. The van der Waals surface area contributed by atoms with Crippen LogP contribution in [0.3, 0.4) is 0 Å². The summed E-state index contributed by atoms with van der Waals surface area (Å²) in [6.07, 6.45) is 0.651. The van der Waals surface area contributed by atoms with Crippen molar-refractivity contribution in [1.82, 2.24) is 4.98 Å². The maximum atomic E-state index is 13.5. The van der Waals surface area contributed by atoms with Crippen LogP contribution in [0.1, 0.15) is 43.8 Å². The van der Waals surface area contributed by atoms with E-state index in [2.05, 4.69) is 23.2 Å². The maximum absolute atomic E-state index is 13.5. The Morgan fingerprint density at radius 3 is 2.50 bits per heavy atom. The molecule has 8 rings (SSSR count). The lowest BCUT2D eigenvalue weighted by Crippen LogP contribution is -2.31. The quantitative estimate of drug-likeness (QED) is 0.101. The van der Waals surface area contributed by atoms with E-state index in [1.165, 1.54) is 29.8 Å². The van der Waals surface area contributed by atoms with Gasteiger partial charge in [0.2, 0.25) is 18.6 Å². The minimum atomic E-state index is -0.807. The van der Waals surface area contributed by atoms with Gasteiger partial charge in [0.15, 0.2) is 23.9 Å². The van der Waals surface area contributed by atoms with Crippen LogP contribution in [-0.4, -0.2) is 47.2 Å². The number of Topliss-reactive ketones (excluding diaryl/α,β-unsaturated/α-hetero) is 1. The number of amides is 2. The topological polar surface area (TPSA) is 136 Å². The third-order valence-electron chi connectivity index (χ3n) is 8.82. The first kappa shape index (κ1) is 31.0. The van der Waals surface area contributed by atoms with Crippen molar-refractivity contribution in [2.75, 3.05) is 18.3 Å². The summed E-state index contributed by atoms with van der Waals surface area (Å²) in [6, 6.07) is 30.4. The summed E-state index contributed by atoms with van der Waals surface area (Å²) in [6.45, 7) is -0.293. The number of thioether (sulfide) groups is 1. The molecule has 1 aromatic heterocycles. The molecule has 4 aromatic carbocycles. The van der Waals surface area contributed by atoms with Gasteiger partial charge in [0.25, 0.3) is 0 Å². The van der Waals surface area contributed by atoms with Gasteiger partial charge in [-0.15, -0.1) is 0 Å². The standard InChI is InChI=1S/C39H25N3O7S/c40-19-26-8-13-31(24-9-14-33-34(17-24)49-21-48-33)41-37(26)50-35-18-36(44)42(38(35)45)28-10-5-22(6-11-28)39(46)47-20-32(43)25-7-12-30-27(16-25)15-23-3-1-2-4-29(23)30/h1-14,16-17,35H,15,18,20-21H2. The molecule has 10 nitrogen and oxygen atoms in total. The smallest absolute Gasteiger partial charge is 0.338 e. The molecule has 50 heavy (non-hydrogen) atoms. The van der Waals surface area contributed by atoms with Gasteiger partial charge in [-0.3, -0.25) is 14.4 Å². The lowest BCUT2D eigenvalue weighted by molar-refractivity contribution is -0.121. The van der Waals surface area contributed by atoms with Crippen molar-refractivity contribution < 1.29 is 33.4 Å². The van der Waals surface area contributed by atoms with Crippen molar-refractivity contribution in [3.05, 3.63) is 125 Å². The van der Waals surface area contributed by atoms with E-state index < -0.39 is 29.6 Å². The van der Waals surface area contributed by atoms with Gasteiger partial charge in [-0.1, -0.05) is 48.2 Å². The van der Waals surface area contributed by atoms with Gasteiger partial charge >= 0.3 is 5.97 Å². The number of aromatic nitrogens is 1. The largest absolute Gasteiger partial charge is 0.454 e. The van der Waals surface area contributed by atoms with Crippen LogP contribution in [0.5, 0.6) is 11.5 Å². The summed E-state index contributed by atoms with van der Waals surface area (Å²) in [5.74, 6) is -0.687. The number of ether oxygens (including phenoxy) is 3. The number of fused-ring (bicyclic) bond motifs is 4. The molecule has 11 heteroatoms. The Balaban J connectivity index is 0.912. The zero-order valence-corrected chi connectivity index (χ0v) is 27.1. The number of esters is 1. The van der Waals surface area contributed by atoms with Gasteiger partial charge in [0.1, 0.15) is 11.1 Å². The van der Waals surface area contributed by atoms with Gasteiger partial charge in [-0.05, 0) is 89.3 Å². The van der Waals surface area contributed by atoms with Crippen LogP contribution >= 0.6 is 11.8 Å². The highest BCUT2D eigenvalue weighted by atomic mass is 32.2. The average Bonchev–Trinajstić information content (AvgIpc) is 3.84. The van der Waals surface area contributed by atoms with Crippen molar-refractivity contribution >= 4 is 41.0 Å². The molecule has 2 amide bonds. The number of nitrogens with zero attached hydrogens (tertiary/aromatic N) is 3. The second kappa shape index (κ2) is 12.7. The monoisotopic (exact) mass is 679 g/mol. The highest BCUT2D eigenvalue weighted by molar-refractivity contribution is 8.00. The molecule has 1 atom stereocenters. The first-order valence-electron chi connectivity index (χ1n) is 15.7. The van der Waals surface area contributed by atoms with Crippen LogP contribution in [-0.2, 0) is 20.7 Å². The predicted molar refractivity (Wildman–Crippen MR) is 183 cm³/mol. The molecular formula is C39H25N3O7S. The van der Waals surface area contributed by atoms with Crippen LogP contribution in [0.2, 0.25) is 0 Å². The fourth-order valence-electron chi connectivity index (χ4n) is 6.30. The third-order valence-corrected chi connectivity index (χ3v) is 10.0. The molecule has 0 N–H and O–H groups in total. The number of rotatable bonds is 8. The fourth-order valence-corrected chi connectivity index (χ4v) is 7.39. The maximum Gasteiger partial charge on any atom is 0.338 e. The Kier molecular flexibility index (Phi) is 7.85. The summed E-state index contributed by atoms with van der Waals surface area (Å²) in [7, 11) is 0. The van der Waals surface area contributed by atoms with Crippen LogP contribution in [0.4, 0.5) is 5.69 Å². The number of benzene rings is 4. The molecule has 3 aliphatic rings. The second-order valence-electron chi connectivity index (χ2n) is 11.9. The van der Waals surface area contributed by atoms with E-state index in [1.54, 1.807) is 30.3 Å². The van der Waals surface area contributed by atoms with E-state index >= 15 is 0 Å². The van der Waals surface area contributed by atoms with Crippen LogP contribution < -0.4 is 14.4 Å². The summed E-state index contributed by atoms with van der Waals surface area (Å²) < 4.78 is 16.2. The summed E-state index contributed by atoms with van der Waals surface area (Å²) in [5, 5.41) is 9.25. The number of imide groups is 1. The van der Waals surface area contributed by atoms with E-state index in [9.17, 15) is 24.4 Å². The minimum absolute atomic E-state index is 0.0923. The van der Waals surface area contributed by atoms with Gasteiger partial charge in [-0.2, -0.15) is 5.26 Å².